The molecule has 2 aromatic carbocycles. The third-order valence-corrected chi connectivity index (χ3v) is 6.52. The van der Waals surface area contributed by atoms with Crippen LogP contribution >= 0.6 is 15.9 Å². The first-order valence-electron chi connectivity index (χ1n) is 11.5. The van der Waals surface area contributed by atoms with Crippen LogP contribution in [-0.4, -0.2) is 60.2 Å². The van der Waals surface area contributed by atoms with Gasteiger partial charge in [0.25, 0.3) is 11.5 Å². The first kappa shape index (κ1) is 26.5. The van der Waals surface area contributed by atoms with Gasteiger partial charge in [-0.05, 0) is 55.3 Å². The Hall–Kier alpha value is -4.57. The fraction of sp³-hybridized carbons (Fsp3) is 0.240. The Bertz CT molecular complexity index is 1560. The highest BCUT2D eigenvalue weighted by atomic mass is 79.9. The van der Waals surface area contributed by atoms with Gasteiger partial charge in [0.15, 0.2) is 5.82 Å². The summed E-state index contributed by atoms with van der Waals surface area (Å²) >= 11 is 3.56. The number of aromatic amines is 2. The third kappa shape index (κ3) is 6.22. The number of aromatic nitrogens is 6. The molecule has 12 nitrogen and oxygen atoms in total. The Morgan fingerprint density at radius 2 is 2.03 bits per heavy atom. The maximum Gasteiger partial charge on any atom is 0.326 e. The van der Waals surface area contributed by atoms with E-state index in [2.05, 4.69) is 57.8 Å². The van der Waals surface area contributed by atoms with Crippen LogP contribution in [0.2, 0.25) is 0 Å². The SMILES string of the molecule is C#CCN(Cc1cc2c(=O)[nH]c(C)nc2cc1Br)c1ccc(C(=O)NC(CCc2nn[nH]n2)C(=O)O)cc1. The summed E-state index contributed by atoms with van der Waals surface area (Å²) in [6.45, 7) is 2.38. The Morgan fingerprint density at radius 1 is 1.26 bits per heavy atom. The molecule has 13 heteroatoms. The van der Waals surface area contributed by atoms with Crippen molar-refractivity contribution in [2.24, 2.45) is 0 Å². The molecule has 2 aromatic heterocycles. The predicted octanol–water partition coefficient (Wildman–Crippen LogP) is 1.96. The van der Waals surface area contributed by atoms with E-state index >= 15 is 0 Å². The zero-order valence-corrected chi connectivity index (χ0v) is 21.8. The second-order valence-electron chi connectivity index (χ2n) is 8.45. The number of carbonyl (C=O) groups excluding carboxylic acids is 1. The summed E-state index contributed by atoms with van der Waals surface area (Å²) in [5, 5.41) is 25.8. The molecule has 194 valence electrons. The van der Waals surface area contributed by atoms with Crippen LogP contribution in [0.4, 0.5) is 5.69 Å². The van der Waals surface area contributed by atoms with E-state index in [4.69, 9.17) is 6.42 Å². The molecule has 38 heavy (non-hydrogen) atoms. The van der Waals surface area contributed by atoms with Crippen LogP contribution in [0.5, 0.6) is 0 Å². The van der Waals surface area contributed by atoms with E-state index < -0.39 is 17.9 Å². The van der Waals surface area contributed by atoms with Gasteiger partial charge in [-0.25, -0.2) is 9.78 Å². The zero-order chi connectivity index (χ0) is 27.2. The highest BCUT2D eigenvalue weighted by molar-refractivity contribution is 9.10. The minimum atomic E-state index is -1.16. The van der Waals surface area contributed by atoms with Crippen molar-refractivity contribution in [1.82, 2.24) is 35.9 Å². The average molecular weight is 579 g/mol. The molecule has 0 saturated carbocycles. The summed E-state index contributed by atoms with van der Waals surface area (Å²) in [6, 6.07) is 9.10. The highest BCUT2D eigenvalue weighted by Gasteiger charge is 2.21. The Labute approximate surface area is 225 Å². The zero-order valence-electron chi connectivity index (χ0n) is 20.2. The van der Waals surface area contributed by atoms with Crippen molar-refractivity contribution < 1.29 is 14.7 Å². The van der Waals surface area contributed by atoms with E-state index in [0.29, 0.717) is 34.7 Å². The summed E-state index contributed by atoms with van der Waals surface area (Å²) in [4.78, 5) is 45.8. The minimum Gasteiger partial charge on any atom is -0.480 e. The molecule has 1 unspecified atom stereocenters. The quantitative estimate of drug-likeness (QED) is 0.205. The molecule has 0 saturated heterocycles. The number of anilines is 1. The second-order valence-corrected chi connectivity index (χ2v) is 9.30. The lowest BCUT2D eigenvalue weighted by molar-refractivity contribution is -0.139. The molecular weight excluding hydrogens is 556 g/mol. The average Bonchev–Trinajstić information content (AvgIpc) is 3.40. The van der Waals surface area contributed by atoms with E-state index in [1.54, 1.807) is 43.3 Å². The molecule has 0 aliphatic carbocycles. The number of aryl methyl sites for hydroxylation is 2. The fourth-order valence-electron chi connectivity index (χ4n) is 3.88. The van der Waals surface area contributed by atoms with Crippen molar-refractivity contribution in [2.75, 3.05) is 11.4 Å². The maximum atomic E-state index is 12.7. The number of benzene rings is 2. The molecule has 1 amide bonds. The number of fused-ring (bicyclic) bond motifs is 1. The molecule has 0 aliphatic heterocycles. The molecule has 0 bridgehead atoms. The number of amides is 1. The third-order valence-electron chi connectivity index (χ3n) is 5.78. The molecule has 4 aromatic rings. The normalized spacial score (nSPS) is 11.6. The van der Waals surface area contributed by atoms with E-state index in [9.17, 15) is 19.5 Å². The summed E-state index contributed by atoms with van der Waals surface area (Å²) in [6.07, 6.45) is 5.95. The van der Waals surface area contributed by atoms with Gasteiger partial charge >= 0.3 is 5.97 Å². The number of hydrogen-bond acceptors (Lipinski definition) is 8. The van der Waals surface area contributed by atoms with Crippen LogP contribution < -0.4 is 15.8 Å². The highest BCUT2D eigenvalue weighted by Crippen LogP contribution is 2.26. The van der Waals surface area contributed by atoms with Crippen molar-refractivity contribution in [3.8, 4) is 12.3 Å². The topological polar surface area (TPSA) is 170 Å². The van der Waals surface area contributed by atoms with Crippen molar-refractivity contribution in [3.63, 3.8) is 0 Å². The second kappa shape index (κ2) is 11.7. The lowest BCUT2D eigenvalue weighted by atomic mass is 10.1. The van der Waals surface area contributed by atoms with Crippen molar-refractivity contribution in [1.29, 1.82) is 0 Å². The monoisotopic (exact) mass is 578 g/mol. The van der Waals surface area contributed by atoms with Gasteiger partial charge in [-0.15, -0.1) is 16.6 Å². The van der Waals surface area contributed by atoms with E-state index in [1.165, 1.54) is 0 Å². The van der Waals surface area contributed by atoms with E-state index in [-0.39, 0.29) is 24.9 Å². The summed E-state index contributed by atoms with van der Waals surface area (Å²) in [7, 11) is 0. The Balaban J connectivity index is 1.49. The number of H-pyrrole nitrogens is 2. The van der Waals surface area contributed by atoms with Crippen molar-refractivity contribution >= 4 is 44.4 Å². The summed E-state index contributed by atoms with van der Waals surface area (Å²) in [5.74, 6) is 1.83. The number of nitrogens with one attached hydrogen (secondary N) is 3. The number of carboxylic acid groups (broad SMARTS) is 1. The first-order valence-corrected chi connectivity index (χ1v) is 12.3. The lowest BCUT2D eigenvalue weighted by Crippen LogP contribution is -2.41. The van der Waals surface area contributed by atoms with Crippen LogP contribution in [0.3, 0.4) is 0 Å². The number of carbonyl (C=O) groups is 2. The van der Waals surface area contributed by atoms with Crippen molar-refractivity contribution in [3.05, 3.63) is 74.0 Å². The number of rotatable bonds is 10. The van der Waals surface area contributed by atoms with Gasteiger partial charge in [0.05, 0.1) is 17.4 Å². The summed E-state index contributed by atoms with van der Waals surface area (Å²) < 4.78 is 0.779. The molecule has 0 fully saturated rings. The maximum absolute atomic E-state index is 12.7. The van der Waals surface area contributed by atoms with Crippen LogP contribution in [-0.2, 0) is 17.8 Å². The summed E-state index contributed by atoms with van der Waals surface area (Å²) in [5.41, 5.74) is 2.22. The minimum absolute atomic E-state index is 0.104. The molecule has 2 heterocycles. The van der Waals surface area contributed by atoms with Gasteiger partial charge < -0.3 is 20.3 Å². The van der Waals surface area contributed by atoms with Crippen LogP contribution in [0.25, 0.3) is 10.9 Å². The lowest BCUT2D eigenvalue weighted by Gasteiger charge is -2.24. The van der Waals surface area contributed by atoms with E-state index in [1.807, 2.05) is 4.90 Å². The number of tetrazole rings is 1. The molecule has 1 atom stereocenters. The van der Waals surface area contributed by atoms with Crippen LogP contribution in [0.15, 0.2) is 45.7 Å². The predicted molar refractivity (Wildman–Crippen MR) is 143 cm³/mol. The Morgan fingerprint density at radius 3 is 2.68 bits per heavy atom. The molecule has 0 radical (unpaired) electrons. The van der Waals surface area contributed by atoms with Gasteiger partial charge in [0, 0.05) is 28.7 Å². The number of nitrogens with zero attached hydrogens (tertiary/aromatic N) is 5. The standard InChI is InChI=1S/C25H23BrN8O4/c1-3-10-34(13-16-11-18-21(12-19(16)26)27-14(2)28-24(18)36)17-6-4-15(5-7-17)23(35)29-20(25(37)38)8-9-22-30-32-33-31-22/h1,4-7,11-12,20H,8-10,13H2,2H3,(H,29,35)(H,37,38)(H,27,28,36)(H,30,31,32,33). The molecule has 4 N–H and O–H groups in total. The van der Waals surface area contributed by atoms with Gasteiger partial charge in [-0.2, -0.15) is 5.21 Å². The van der Waals surface area contributed by atoms with Crippen LogP contribution in [0, 0.1) is 19.3 Å². The van der Waals surface area contributed by atoms with Crippen LogP contribution in [0.1, 0.15) is 34.0 Å². The number of hydrogen-bond donors (Lipinski definition) is 4. The Kier molecular flexibility index (Phi) is 8.12. The molecule has 0 spiro atoms. The molecule has 0 aliphatic rings. The number of aliphatic carboxylic acids is 1. The molecule has 4 rings (SSSR count). The largest absolute Gasteiger partial charge is 0.480 e. The number of halogens is 1. The fourth-order valence-corrected chi connectivity index (χ4v) is 4.34. The number of carboxylic acids is 1. The first-order chi connectivity index (χ1) is 18.2. The van der Waals surface area contributed by atoms with Crippen molar-refractivity contribution in [2.45, 2.75) is 32.4 Å². The van der Waals surface area contributed by atoms with E-state index in [0.717, 1.165) is 15.7 Å². The van der Waals surface area contributed by atoms with Gasteiger partial charge in [0.2, 0.25) is 0 Å². The van der Waals surface area contributed by atoms with Gasteiger partial charge in [0.1, 0.15) is 11.9 Å². The van der Waals surface area contributed by atoms with Gasteiger partial charge in [-0.1, -0.05) is 27.1 Å². The smallest absolute Gasteiger partial charge is 0.326 e. The molecular formula is C25H23BrN8O4. The number of terminal acetylenes is 1. The van der Waals surface area contributed by atoms with Gasteiger partial charge in [-0.3, -0.25) is 9.59 Å².